The van der Waals surface area contributed by atoms with Gasteiger partial charge in [-0.1, -0.05) is 76.5 Å². The number of benzene rings is 1. The van der Waals surface area contributed by atoms with Crippen molar-refractivity contribution in [3.63, 3.8) is 0 Å². The molecule has 0 bridgehead atoms. The number of hydrogen-bond acceptors (Lipinski definition) is 8. The highest BCUT2D eigenvalue weighted by atomic mass is 28.3. The molecule has 236 valence electrons. The van der Waals surface area contributed by atoms with Crippen molar-refractivity contribution < 1.29 is 38.3 Å². The normalized spacial score (nSPS) is 25.2. The number of ketones is 1. The van der Waals surface area contributed by atoms with Gasteiger partial charge < -0.3 is 33.5 Å². The Labute approximate surface area is 250 Å². The second-order valence-corrected chi connectivity index (χ2v) is 25.1. The summed E-state index contributed by atoms with van der Waals surface area (Å²) in [6, 6.07) is 11.9. The molecule has 1 saturated heterocycles. The summed E-state index contributed by atoms with van der Waals surface area (Å²) >= 11 is 0. The highest BCUT2D eigenvalue weighted by Gasteiger charge is 2.49. The first-order valence-electron chi connectivity index (χ1n) is 15.0. The summed E-state index contributed by atoms with van der Waals surface area (Å²) in [6.45, 7) is 20.9. The molecule has 0 radical (unpaired) electrons. The van der Waals surface area contributed by atoms with E-state index in [9.17, 15) is 9.90 Å². The van der Waals surface area contributed by atoms with Crippen LogP contribution >= 0.6 is 0 Å². The molecule has 1 N–H and O–H groups in total. The zero-order valence-electron chi connectivity index (χ0n) is 26.9. The van der Waals surface area contributed by atoms with Crippen LogP contribution in [0.5, 0.6) is 0 Å². The Kier molecular flexibility index (Phi) is 15.3. The number of ether oxygens (including phenoxy) is 6. The molecule has 0 saturated carbocycles. The molecule has 10 heteroatoms. The molecule has 0 aromatic heterocycles. The minimum atomic E-state index is -1.24. The number of carbonyl (C=O) groups is 1. The van der Waals surface area contributed by atoms with Crippen molar-refractivity contribution in [2.75, 3.05) is 26.8 Å². The molecule has 1 fully saturated rings. The summed E-state index contributed by atoms with van der Waals surface area (Å²) in [5.74, 6) is -0.235. The van der Waals surface area contributed by atoms with Crippen LogP contribution in [0, 0.1) is 5.92 Å². The van der Waals surface area contributed by atoms with E-state index in [4.69, 9.17) is 28.4 Å². The van der Waals surface area contributed by atoms with Crippen LogP contribution < -0.4 is 0 Å². The molecule has 0 unspecified atom stereocenters. The second-order valence-electron chi connectivity index (χ2n) is 13.8. The quantitative estimate of drug-likeness (QED) is 0.120. The third-order valence-electron chi connectivity index (χ3n) is 7.31. The van der Waals surface area contributed by atoms with Crippen LogP contribution in [0.1, 0.15) is 32.8 Å². The predicted molar refractivity (Wildman–Crippen MR) is 168 cm³/mol. The lowest BCUT2D eigenvalue weighted by atomic mass is 9.83. The van der Waals surface area contributed by atoms with Gasteiger partial charge in [0.25, 0.3) is 0 Å². The molecule has 0 amide bonds. The van der Waals surface area contributed by atoms with Gasteiger partial charge in [0.1, 0.15) is 31.6 Å². The summed E-state index contributed by atoms with van der Waals surface area (Å²) in [4.78, 5) is 12.3. The maximum Gasteiger partial charge on any atom is 0.147 e. The van der Waals surface area contributed by atoms with Crippen LogP contribution in [0.3, 0.4) is 0 Å². The molecule has 1 heterocycles. The van der Waals surface area contributed by atoms with E-state index in [1.807, 2.05) is 37.3 Å². The molecule has 8 nitrogen and oxygen atoms in total. The average Bonchev–Trinajstić information content (AvgIpc) is 2.85. The van der Waals surface area contributed by atoms with Crippen LogP contribution in [0.4, 0.5) is 0 Å². The van der Waals surface area contributed by atoms with Crippen molar-refractivity contribution in [2.24, 2.45) is 5.92 Å². The molecule has 41 heavy (non-hydrogen) atoms. The molecular weight excluding hydrogens is 557 g/mol. The fourth-order valence-electron chi connectivity index (χ4n) is 4.78. The van der Waals surface area contributed by atoms with Crippen molar-refractivity contribution in [3.05, 3.63) is 35.9 Å². The smallest absolute Gasteiger partial charge is 0.147 e. The van der Waals surface area contributed by atoms with Crippen LogP contribution in [-0.4, -0.2) is 90.5 Å². The molecule has 1 aromatic rings. The molecule has 1 aliphatic rings. The topological polar surface area (TPSA) is 92.7 Å². The van der Waals surface area contributed by atoms with Crippen molar-refractivity contribution in [1.29, 1.82) is 0 Å². The summed E-state index contributed by atoms with van der Waals surface area (Å²) in [7, 11) is -2.48. The third-order valence-corrected chi connectivity index (χ3v) is 10.7. The van der Waals surface area contributed by atoms with E-state index in [0.29, 0.717) is 19.8 Å². The van der Waals surface area contributed by atoms with Gasteiger partial charge in [-0.05, 0) is 31.5 Å². The standard InChI is InChI=1S/C31H56O8Si2/c1-23(32)19-27-31(38-22-35-16-18-41(7,8)9)28(37-21-34-15-17-40(4,5)6)24(2)29(39-27)30(25(3)33)36-20-26-13-11-10-12-14-26/h10-14,24-25,27-31,33H,15-22H2,1-9H3/t24-,25-,27+,28-,29-,30-,31-/m1/s1. The predicted octanol–water partition coefficient (Wildman–Crippen LogP) is 5.73. The van der Waals surface area contributed by atoms with Gasteiger partial charge in [-0.15, -0.1) is 0 Å². The maximum absolute atomic E-state index is 12.3. The number of aliphatic hydroxyl groups is 1. The molecule has 1 aromatic carbocycles. The summed E-state index contributed by atoms with van der Waals surface area (Å²) in [5, 5.41) is 10.8. The Morgan fingerprint density at radius 1 is 0.927 bits per heavy atom. The first kappa shape index (κ1) is 36.2. The highest BCUT2D eigenvalue weighted by Crippen LogP contribution is 2.35. The van der Waals surface area contributed by atoms with Crippen LogP contribution in [0.2, 0.25) is 51.4 Å². The van der Waals surface area contributed by atoms with Gasteiger partial charge in [-0.25, -0.2) is 0 Å². The van der Waals surface area contributed by atoms with Crippen LogP contribution in [0.25, 0.3) is 0 Å². The second kappa shape index (κ2) is 17.4. The Morgan fingerprint density at radius 3 is 1.95 bits per heavy atom. The Balaban J connectivity index is 2.22. The molecule has 2 rings (SSSR count). The first-order chi connectivity index (χ1) is 19.2. The lowest BCUT2D eigenvalue weighted by Gasteiger charge is -2.47. The van der Waals surface area contributed by atoms with Crippen molar-refractivity contribution >= 4 is 21.9 Å². The van der Waals surface area contributed by atoms with Crippen molar-refractivity contribution in [1.82, 2.24) is 0 Å². The van der Waals surface area contributed by atoms with E-state index in [2.05, 4.69) is 39.3 Å². The molecule has 7 atom stereocenters. The van der Waals surface area contributed by atoms with Gasteiger partial charge >= 0.3 is 0 Å². The number of rotatable bonds is 19. The van der Waals surface area contributed by atoms with E-state index in [-0.39, 0.29) is 31.7 Å². The largest absolute Gasteiger partial charge is 0.391 e. The summed E-state index contributed by atoms with van der Waals surface area (Å²) in [6.07, 6.45) is -3.38. The van der Waals surface area contributed by atoms with Crippen molar-refractivity contribution in [3.8, 4) is 0 Å². The van der Waals surface area contributed by atoms with E-state index >= 15 is 0 Å². The number of Topliss-reactive ketones (excluding diaryl/α,β-unsaturated/α-hetero) is 1. The van der Waals surface area contributed by atoms with Gasteiger partial charge in [-0.3, -0.25) is 4.79 Å². The van der Waals surface area contributed by atoms with Gasteiger partial charge in [0.05, 0.1) is 31.0 Å². The highest BCUT2D eigenvalue weighted by molar-refractivity contribution is 6.76. The lowest BCUT2D eigenvalue weighted by molar-refractivity contribution is -0.280. The summed E-state index contributed by atoms with van der Waals surface area (Å²) in [5.41, 5.74) is 1.00. The lowest BCUT2D eigenvalue weighted by Crippen LogP contribution is -2.60. The monoisotopic (exact) mass is 612 g/mol. The van der Waals surface area contributed by atoms with Gasteiger partial charge in [0.15, 0.2) is 0 Å². The van der Waals surface area contributed by atoms with E-state index < -0.39 is 52.8 Å². The first-order valence-corrected chi connectivity index (χ1v) is 22.5. The Bertz CT molecular complexity index is 871. The molecule has 0 spiro atoms. The molecule has 1 aliphatic heterocycles. The van der Waals surface area contributed by atoms with Crippen molar-refractivity contribution in [2.45, 2.75) is 122 Å². The molecule has 0 aliphatic carbocycles. The fraction of sp³-hybridized carbons (Fsp3) is 0.774. The summed E-state index contributed by atoms with van der Waals surface area (Å²) < 4.78 is 37.2. The van der Waals surface area contributed by atoms with Crippen LogP contribution in [-0.2, 0) is 39.8 Å². The van der Waals surface area contributed by atoms with E-state index in [1.54, 1.807) is 13.8 Å². The van der Waals surface area contributed by atoms with Crippen LogP contribution in [0.15, 0.2) is 30.3 Å². The SMILES string of the molecule is CC(=O)C[C@@H]1O[C@@H]([C@H](OCc2ccccc2)[C@@H](C)O)[C@H](C)[C@@H](OCOCC[Si](C)(C)C)[C@@H]1OCOCC[Si](C)(C)C. The zero-order chi connectivity index (χ0) is 30.6. The number of aliphatic hydroxyl groups excluding tert-OH is 1. The van der Waals surface area contributed by atoms with E-state index in [1.165, 1.54) is 0 Å². The minimum absolute atomic E-state index is 0.0134. The van der Waals surface area contributed by atoms with E-state index in [0.717, 1.165) is 17.7 Å². The Morgan fingerprint density at radius 2 is 1.46 bits per heavy atom. The molecular formula is C31H56O8Si2. The number of carbonyl (C=O) groups excluding carboxylic acids is 1. The van der Waals surface area contributed by atoms with Gasteiger partial charge in [-0.2, -0.15) is 0 Å². The zero-order valence-corrected chi connectivity index (χ0v) is 28.9. The minimum Gasteiger partial charge on any atom is -0.391 e. The Hall–Kier alpha value is -0.956. The van der Waals surface area contributed by atoms with Gasteiger partial charge in [0.2, 0.25) is 0 Å². The third kappa shape index (κ3) is 13.9. The maximum atomic E-state index is 12.3. The average molecular weight is 613 g/mol. The number of hydrogen-bond donors (Lipinski definition) is 1. The van der Waals surface area contributed by atoms with Gasteiger partial charge in [0, 0.05) is 41.7 Å². The fourth-order valence-corrected chi connectivity index (χ4v) is 6.29.